The molecule has 0 amide bonds. The minimum absolute atomic E-state index is 0.0840. The molecule has 0 saturated heterocycles. The van der Waals surface area contributed by atoms with Crippen LogP contribution < -0.4 is 16.2 Å². The van der Waals surface area contributed by atoms with Crippen molar-refractivity contribution in [2.24, 2.45) is 16.5 Å². The van der Waals surface area contributed by atoms with Gasteiger partial charge in [0.2, 0.25) is 0 Å². The monoisotopic (exact) mass is 352 g/mol. The van der Waals surface area contributed by atoms with Gasteiger partial charge in [-0.25, -0.2) is 14.4 Å². The topological polar surface area (TPSA) is 95.8 Å². The summed E-state index contributed by atoms with van der Waals surface area (Å²) in [6.45, 7) is 2.27. The Morgan fingerprint density at radius 1 is 1.33 bits per heavy atom. The van der Waals surface area contributed by atoms with Gasteiger partial charge in [-0.3, -0.25) is 0 Å². The fraction of sp³-hybridized carbons (Fsp3) is 0.250. The van der Waals surface area contributed by atoms with Crippen LogP contribution in [0.15, 0.2) is 35.0 Å². The Morgan fingerprint density at radius 3 is 2.75 bits per heavy atom. The number of methoxy groups -OCH3 is 1. The summed E-state index contributed by atoms with van der Waals surface area (Å²) in [5.74, 6) is 0.00929. The number of benzene rings is 1. The van der Waals surface area contributed by atoms with Gasteiger partial charge < -0.3 is 20.9 Å². The fourth-order valence-corrected chi connectivity index (χ4v) is 2.25. The van der Waals surface area contributed by atoms with Gasteiger partial charge in [-0.05, 0) is 36.6 Å². The summed E-state index contributed by atoms with van der Waals surface area (Å²) in [6.07, 6.45) is 1.49. The molecule has 0 fully saturated rings. The first kappa shape index (κ1) is 18.0. The summed E-state index contributed by atoms with van der Waals surface area (Å²) in [5.41, 5.74) is 11.8. The standard InChI is InChI=1S/C16H18ClFN4O2/c1-9(19)5-14(20)21-15-7-10-6-12(18)13(24-4-3-23-2)8-11(10)16(17)22-15/h5-8H,3-4,19H2,1-2H3,(H2,20,21,22)/b9-5-. The first-order chi connectivity index (χ1) is 11.4. The van der Waals surface area contributed by atoms with E-state index in [1.807, 2.05) is 0 Å². The average molecular weight is 353 g/mol. The van der Waals surface area contributed by atoms with Crippen molar-refractivity contribution in [1.82, 2.24) is 4.98 Å². The average Bonchev–Trinajstić information content (AvgIpc) is 2.47. The zero-order chi connectivity index (χ0) is 17.7. The number of aromatic nitrogens is 1. The lowest BCUT2D eigenvalue weighted by molar-refractivity contribution is 0.144. The highest BCUT2D eigenvalue weighted by atomic mass is 35.5. The number of halogens is 2. The number of rotatable bonds is 6. The molecule has 1 heterocycles. The molecule has 0 aliphatic rings. The van der Waals surface area contributed by atoms with Crippen LogP contribution in [-0.2, 0) is 4.74 Å². The molecule has 6 nitrogen and oxygen atoms in total. The molecular weight excluding hydrogens is 335 g/mol. The van der Waals surface area contributed by atoms with Crippen molar-refractivity contribution in [3.05, 3.63) is 40.9 Å². The van der Waals surface area contributed by atoms with Gasteiger partial charge >= 0.3 is 0 Å². The smallest absolute Gasteiger partial charge is 0.165 e. The number of nitrogens with zero attached hydrogens (tertiary/aromatic N) is 2. The predicted molar refractivity (Wildman–Crippen MR) is 93.3 cm³/mol. The van der Waals surface area contributed by atoms with E-state index in [1.54, 1.807) is 13.0 Å². The molecule has 4 N–H and O–H groups in total. The third kappa shape index (κ3) is 4.56. The number of aliphatic imine (C=N–C) groups is 1. The fourth-order valence-electron chi connectivity index (χ4n) is 2.00. The molecule has 0 aliphatic heterocycles. The zero-order valence-corrected chi connectivity index (χ0v) is 14.1. The van der Waals surface area contributed by atoms with E-state index in [2.05, 4.69) is 9.98 Å². The number of nitrogens with two attached hydrogens (primary N) is 2. The van der Waals surface area contributed by atoms with Gasteiger partial charge in [0.05, 0.1) is 6.61 Å². The predicted octanol–water partition coefficient (Wildman–Crippen LogP) is 2.90. The number of pyridine rings is 1. The van der Waals surface area contributed by atoms with Gasteiger partial charge in [-0.15, -0.1) is 0 Å². The van der Waals surface area contributed by atoms with Crippen LogP contribution in [0, 0.1) is 5.82 Å². The molecule has 0 spiro atoms. The maximum absolute atomic E-state index is 14.1. The first-order valence-electron chi connectivity index (χ1n) is 7.10. The molecule has 0 radical (unpaired) electrons. The maximum atomic E-state index is 14.1. The summed E-state index contributed by atoms with van der Waals surface area (Å²) in [5, 5.41) is 1.25. The van der Waals surface area contributed by atoms with Gasteiger partial charge in [0.25, 0.3) is 0 Å². The highest BCUT2D eigenvalue weighted by Crippen LogP contribution is 2.31. The Hall–Kier alpha value is -2.38. The number of ether oxygens (including phenoxy) is 2. The number of hydrogen-bond donors (Lipinski definition) is 2. The van der Waals surface area contributed by atoms with E-state index in [0.29, 0.717) is 23.1 Å². The molecule has 0 bridgehead atoms. The van der Waals surface area contributed by atoms with Crippen molar-refractivity contribution in [1.29, 1.82) is 0 Å². The second-order valence-corrected chi connectivity index (χ2v) is 5.40. The Kier molecular flexibility index (Phi) is 5.94. The second-order valence-electron chi connectivity index (χ2n) is 5.04. The molecule has 0 unspecified atom stereocenters. The lowest BCUT2D eigenvalue weighted by Crippen LogP contribution is -2.10. The molecule has 2 aromatic rings. The molecule has 0 aliphatic carbocycles. The highest BCUT2D eigenvalue weighted by molar-refractivity contribution is 6.34. The van der Waals surface area contributed by atoms with Crippen molar-refractivity contribution >= 4 is 34.0 Å². The van der Waals surface area contributed by atoms with E-state index in [1.165, 1.54) is 25.3 Å². The third-order valence-electron chi connectivity index (χ3n) is 2.99. The Labute approximate surface area is 143 Å². The lowest BCUT2D eigenvalue weighted by Gasteiger charge is -2.09. The van der Waals surface area contributed by atoms with Crippen molar-refractivity contribution in [2.75, 3.05) is 20.3 Å². The first-order valence-corrected chi connectivity index (χ1v) is 7.48. The van der Waals surface area contributed by atoms with E-state index in [0.717, 1.165) is 0 Å². The van der Waals surface area contributed by atoms with Crippen LogP contribution in [0.2, 0.25) is 5.15 Å². The lowest BCUT2D eigenvalue weighted by atomic mass is 10.1. The minimum Gasteiger partial charge on any atom is -0.488 e. The van der Waals surface area contributed by atoms with Crippen LogP contribution in [0.1, 0.15) is 6.92 Å². The molecule has 128 valence electrons. The quantitative estimate of drug-likeness (QED) is 0.360. The van der Waals surface area contributed by atoms with Crippen LogP contribution >= 0.6 is 11.6 Å². The van der Waals surface area contributed by atoms with Crippen LogP contribution in [-0.4, -0.2) is 31.1 Å². The van der Waals surface area contributed by atoms with E-state index < -0.39 is 5.82 Å². The third-order valence-corrected chi connectivity index (χ3v) is 3.28. The number of allylic oxidation sites excluding steroid dienone is 1. The van der Waals surface area contributed by atoms with E-state index in [4.69, 9.17) is 32.5 Å². The minimum atomic E-state index is -0.513. The summed E-state index contributed by atoms with van der Waals surface area (Å²) in [7, 11) is 1.54. The normalized spacial score (nSPS) is 12.7. The molecular formula is C16H18ClFN4O2. The SMILES string of the molecule is COCCOc1cc2c(Cl)nc(/N=C(N)\C=C(\C)N)cc2cc1F. The maximum Gasteiger partial charge on any atom is 0.165 e. The Morgan fingerprint density at radius 2 is 2.08 bits per heavy atom. The van der Waals surface area contributed by atoms with Crippen LogP contribution in [0.5, 0.6) is 5.75 Å². The summed E-state index contributed by atoms with van der Waals surface area (Å²) < 4.78 is 24.3. The number of hydrogen-bond acceptors (Lipinski definition) is 5. The van der Waals surface area contributed by atoms with Crippen molar-refractivity contribution < 1.29 is 13.9 Å². The van der Waals surface area contributed by atoms with Gasteiger partial charge in [0, 0.05) is 18.2 Å². The van der Waals surface area contributed by atoms with Crippen LogP contribution in [0.25, 0.3) is 10.8 Å². The number of fused-ring (bicyclic) bond motifs is 1. The highest BCUT2D eigenvalue weighted by Gasteiger charge is 2.11. The zero-order valence-electron chi connectivity index (χ0n) is 13.3. The van der Waals surface area contributed by atoms with E-state index >= 15 is 0 Å². The van der Waals surface area contributed by atoms with Gasteiger partial charge in [0.15, 0.2) is 17.4 Å². The Bertz CT molecular complexity index is 804. The van der Waals surface area contributed by atoms with Crippen LogP contribution in [0.3, 0.4) is 0 Å². The summed E-state index contributed by atoms with van der Waals surface area (Å²) >= 11 is 6.17. The molecule has 8 heteroatoms. The second kappa shape index (κ2) is 7.94. The molecule has 24 heavy (non-hydrogen) atoms. The van der Waals surface area contributed by atoms with E-state index in [-0.39, 0.29) is 29.2 Å². The largest absolute Gasteiger partial charge is 0.488 e. The summed E-state index contributed by atoms with van der Waals surface area (Å²) in [4.78, 5) is 8.24. The molecule has 0 atom stereocenters. The van der Waals surface area contributed by atoms with Crippen molar-refractivity contribution in [3.63, 3.8) is 0 Å². The van der Waals surface area contributed by atoms with Gasteiger partial charge in [-0.1, -0.05) is 11.6 Å². The van der Waals surface area contributed by atoms with Crippen molar-refractivity contribution in [2.45, 2.75) is 6.92 Å². The van der Waals surface area contributed by atoms with E-state index in [9.17, 15) is 4.39 Å². The van der Waals surface area contributed by atoms with Gasteiger partial charge in [0.1, 0.15) is 17.6 Å². The van der Waals surface area contributed by atoms with Crippen molar-refractivity contribution in [3.8, 4) is 5.75 Å². The molecule has 1 aromatic carbocycles. The van der Waals surface area contributed by atoms with Gasteiger partial charge in [-0.2, -0.15) is 0 Å². The molecule has 2 rings (SSSR count). The molecule has 1 aromatic heterocycles. The molecule has 0 saturated carbocycles. The number of amidine groups is 1. The van der Waals surface area contributed by atoms with Crippen LogP contribution in [0.4, 0.5) is 10.2 Å². The summed E-state index contributed by atoms with van der Waals surface area (Å²) in [6, 6.07) is 4.39. The Balaban J connectivity index is 2.41.